The van der Waals surface area contributed by atoms with Crippen molar-refractivity contribution in [2.75, 3.05) is 12.8 Å². The standard InChI is InChI=1S/C17H15N3O3S2/c1-23-12-7-9-13(10-8-12)24-17-19-11-15(16(18)20-17)25(21,22)14-5-3-2-4-6-14/h2-11H,1H3,(H2,18,19,20). The maximum atomic E-state index is 12.6. The van der Waals surface area contributed by atoms with Crippen molar-refractivity contribution in [2.24, 2.45) is 0 Å². The summed E-state index contributed by atoms with van der Waals surface area (Å²) in [5.41, 5.74) is 5.88. The molecule has 0 aliphatic rings. The minimum atomic E-state index is -3.74. The zero-order valence-corrected chi connectivity index (χ0v) is 14.9. The summed E-state index contributed by atoms with van der Waals surface area (Å²) in [6.45, 7) is 0. The van der Waals surface area contributed by atoms with Gasteiger partial charge in [0.05, 0.1) is 18.2 Å². The first kappa shape index (κ1) is 17.2. The number of nitrogen functional groups attached to an aromatic ring is 1. The molecule has 0 aliphatic carbocycles. The van der Waals surface area contributed by atoms with E-state index in [2.05, 4.69) is 9.97 Å². The zero-order valence-electron chi connectivity index (χ0n) is 13.3. The van der Waals surface area contributed by atoms with Crippen LogP contribution >= 0.6 is 11.8 Å². The molecule has 0 spiro atoms. The van der Waals surface area contributed by atoms with Gasteiger partial charge in [-0.1, -0.05) is 18.2 Å². The molecule has 0 saturated carbocycles. The summed E-state index contributed by atoms with van der Waals surface area (Å²) in [5.74, 6) is 0.670. The molecule has 0 radical (unpaired) electrons. The first-order chi connectivity index (χ1) is 12.0. The van der Waals surface area contributed by atoms with Crippen LogP contribution in [0.5, 0.6) is 5.75 Å². The number of nitrogens with two attached hydrogens (primary N) is 1. The van der Waals surface area contributed by atoms with Crippen LogP contribution in [0.3, 0.4) is 0 Å². The Labute approximate surface area is 150 Å². The Morgan fingerprint density at radius 3 is 2.32 bits per heavy atom. The maximum absolute atomic E-state index is 12.6. The minimum absolute atomic E-state index is 0.0742. The number of ether oxygens (including phenoxy) is 1. The lowest BCUT2D eigenvalue weighted by atomic mass is 10.3. The second kappa shape index (κ2) is 7.12. The molecule has 25 heavy (non-hydrogen) atoms. The van der Waals surface area contributed by atoms with Gasteiger partial charge in [-0.2, -0.15) is 0 Å². The summed E-state index contributed by atoms with van der Waals surface area (Å²) in [7, 11) is -2.15. The number of aromatic nitrogens is 2. The fourth-order valence-corrected chi connectivity index (χ4v) is 4.11. The van der Waals surface area contributed by atoms with Crippen LogP contribution in [-0.2, 0) is 9.84 Å². The second-order valence-corrected chi connectivity index (χ2v) is 7.95. The molecule has 0 unspecified atom stereocenters. The molecule has 0 bridgehead atoms. The Morgan fingerprint density at radius 2 is 1.72 bits per heavy atom. The molecule has 0 saturated heterocycles. The van der Waals surface area contributed by atoms with Gasteiger partial charge in [0.1, 0.15) is 16.5 Å². The Bertz CT molecular complexity index is 976. The molecule has 128 valence electrons. The zero-order chi connectivity index (χ0) is 17.9. The highest BCUT2D eigenvalue weighted by Gasteiger charge is 2.22. The van der Waals surface area contributed by atoms with E-state index in [4.69, 9.17) is 10.5 Å². The Morgan fingerprint density at radius 1 is 1.04 bits per heavy atom. The summed E-state index contributed by atoms with van der Waals surface area (Å²) in [6.07, 6.45) is 1.25. The van der Waals surface area contributed by atoms with Gasteiger partial charge < -0.3 is 10.5 Å². The van der Waals surface area contributed by atoms with Crippen molar-refractivity contribution < 1.29 is 13.2 Å². The van der Waals surface area contributed by atoms with E-state index >= 15 is 0 Å². The molecule has 0 aliphatic heterocycles. The number of hydrogen-bond acceptors (Lipinski definition) is 7. The van der Waals surface area contributed by atoms with Crippen molar-refractivity contribution in [3.63, 3.8) is 0 Å². The summed E-state index contributed by atoms with van der Waals surface area (Å²) in [6, 6.07) is 15.4. The summed E-state index contributed by atoms with van der Waals surface area (Å²) >= 11 is 1.28. The Kier molecular flexibility index (Phi) is 4.91. The van der Waals surface area contributed by atoms with E-state index < -0.39 is 9.84 Å². The van der Waals surface area contributed by atoms with E-state index in [1.807, 2.05) is 24.3 Å². The van der Waals surface area contributed by atoms with Crippen LogP contribution in [0.1, 0.15) is 0 Å². The molecular weight excluding hydrogens is 358 g/mol. The van der Waals surface area contributed by atoms with Crippen LogP contribution < -0.4 is 10.5 Å². The predicted molar refractivity (Wildman–Crippen MR) is 95.5 cm³/mol. The average Bonchev–Trinajstić information content (AvgIpc) is 2.63. The van der Waals surface area contributed by atoms with Crippen molar-refractivity contribution in [2.45, 2.75) is 19.8 Å². The summed E-state index contributed by atoms with van der Waals surface area (Å²) in [5, 5.41) is 0.370. The van der Waals surface area contributed by atoms with E-state index in [9.17, 15) is 8.42 Å². The van der Waals surface area contributed by atoms with Gasteiger partial charge >= 0.3 is 0 Å². The van der Waals surface area contributed by atoms with Gasteiger partial charge in [0.2, 0.25) is 9.84 Å². The number of anilines is 1. The van der Waals surface area contributed by atoms with Gasteiger partial charge in [0.25, 0.3) is 0 Å². The molecule has 0 atom stereocenters. The molecule has 3 aromatic rings. The van der Waals surface area contributed by atoms with Crippen LogP contribution in [0.4, 0.5) is 5.82 Å². The average molecular weight is 373 g/mol. The van der Waals surface area contributed by atoms with Gasteiger partial charge in [0.15, 0.2) is 5.16 Å². The number of nitrogens with zero attached hydrogens (tertiary/aromatic N) is 2. The first-order valence-electron chi connectivity index (χ1n) is 7.25. The number of hydrogen-bond donors (Lipinski definition) is 1. The quantitative estimate of drug-likeness (QED) is 0.687. The normalized spacial score (nSPS) is 11.2. The number of methoxy groups -OCH3 is 1. The first-order valence-corrected chi connectivity index (χ1v) is 9.55. The van der Waals surface area contributed by atoms with Crippen LogP contribution in [0, 0.1) is 0 Å². The number of benzene rings is 2. The van der Waals surface area contributed by atoms with Gasteiger partial charge in [-0.3, -0.25) is 0 Å². The Hall–Kier alpha value is -2.58. The van der Waals surface area contributed by atoms with Gasteiger partial charge in [-0.05, 0) is 48.2 Å². The SMILES string of the molecule is COc1ccc(Sc2ncc(S(=O)(=O)c3ccccc3)c(N)n2)cc1. The van der Waals surface area contributed by atoms with Crippen LogP contribution in [0.15, 0.2) is 80.6 Å². The van der Waals surface area contributed by atoms with Crippen LogP contribution in [-0.4, -0.2) is 25.5 Å². The fraction of sp³-hybridized carbons (Fsp3) is 0.0588. The molecule has 6 nitrogen and oxygen atoms in total. The van der Waals surface area contributed by atoms with Gasteiger partial charge in [0, 0.05) is 4.90 Å². The molecule has 1 heterocycles. The molecule has 1 aromatic heterocycles. The lowest BCUT2D eigenvalue weighted by Gasteiger charge is -2.08. The van der Waals surface area contributed by atoms with Gasteiger partial charge in [-0.25, -0.2) is 18.4 Å². The molecule has 3 rings (SSSR count). The summed E-state index contributed by atoms with van der Waals surface area (Å²) in [4.78, 5) is 9.19. The smallest absolute Gasteiger partial charge is 0.211 e. The molecule has 0 fully saturated rings. The van der Waals surface area contributed by atoms with Crippen molar-refractivity contribution in [1.82, 2.24) is 9.97 Å². The Balaban J connectivity index is 1.88. The third-order valence-electron chi connectivity index (χ3n) is 3.37. The lowest BCUT2D eigenvalue weighted by Crippen LogP contribution is -2.08. The van der Waals surface area contributed by atoms with Gasteiger partial charge in [-0.15, -0.1) is 0 Å². The largest absolute Gasteiger partial charge is 0.497 e. The van der Waals surface area contributed by atoms with Crippen LogP contribution in [0.25, 0.3) is 0 Å². The van der Waals surface area contributed by atoms with E-state index in [-0.39, 0.29) is 15.6 Å². The predicted octanol–water partition coefficient (Wildman–Crippen LogP) is 3.05. The third-order valence-corrected chi connectivity index (χ3v) is 6.05. The molecule has 8 heteroatoms. The fourth-order valence-electron chi connectivity index (χ4n) is 2.10. The van der Waals surface area contributed by atoms with Crippen molar-refractivity contribution in [1.29, 1.82) is 0 Å². The van der Waals surface area contributed by atoms with E-state index in [1.54, 1.807) is 25.3 Å². The molecule has 2 aromatic carbocycles. The number of sulfone groups is 1. The summed E-state index contributed by atoms with van der Waals surface area (Å²) < 4.78 is 30.3. The third kappa shape index (κ3) is 3.75. The second-order valence-electron chi connectivity index (χ2n) is 5.00. The highest BCUT2D eigenvalue weighted by molar-refractivity contribution is 7.99. The molecular formula is C17H15N3O3S2. The minimum Gasteiger partial charge on any atom is -0.497 e. The van der Waals surface area contributed by atoms with E-state index in [0.717, 1.165) is 10.6 Å². The number of rotatable bonds is 5. The van der Waals surface area contributed by atoms with Crippen molar-refractivity contribution in [3.05, 3.63) is 60.8 Å². The van der Waals surface area contributed by atoms with Crippen LogP contribution in [0.2, 0.25) is 0 Å². The highest BCUT2D eigenvalue weighted by Crippen LogP contribution is 2.29. The lowest BCUT2D eigenvalue weighted by molar-refractivity contribution is 0.414. The van der Waals surface area contributed by atoms with Crippen molar-refractivity contribution >= 4 is 27.4 Å². The highest BCUT2D eigenvalue weighted by atomic mass is 32.2. The van der Waals surface area contributed by atoms with Crippen molar-refractivity contribution in [3.8, 4) is 5.75 Å². The molecule has 0 amide bonds. The maximum Gasteiger partial charge on any atom is 0.211 e. The van der Waals surface area contributed by atoms with E-state index in [0.29, 0.717) is 5.16 Å². The van der Waals surface area contributed by atoms with E-state index in [1.165, 1.54) is 30.1 Å². The monoisotopic (exact) mass is 373 g/mol. The topological polar surface area (TPSA) is 95.2 Å². The molecule has 2 N–H and O–H groups in total.